The molecule has 0 bridgehead atoms. The summed E-state index contributed by atoms with van der Waals surface area (Å²) in [7, 11) is 0. The van der Waals surface area contributed by atoms with E-state index in [-0.39, 0.29) is 11.7 Å². The second-order valence-electron chi connectivity index (χ2n) is 4.24. The Morgan fingerprint density at radius 2 is 1.68 bits per heavy atom. The molecule has 0 saturated heterocycles. The van der Waals surface area contributed by atoms with Gasteiger partial charge in [-0.2, -0.15) is 0 Å². The van der Waals surface area contributed by atoms with Crippen molar-refractivity contribution >= 4 is 17.7 Å². The second kappa shape index (κ2) is 5.87. The fourth-order valence-corrected chi connectivity index (χ4v) is 1.64. The molecule has 0 aliphatic rings. The average molecular weight is 253 g/mol. The van der Waals surface area contributed by atoms with Crippen molar-refractivity contribution in [3.05, 3.63) is 65.7 Å². The Kier molecular flexibility index (Phi) is 3.98. The van der Waals surface area contributed by atoms with Gasteiger partial charge in [-0.25, -0.2) is 0 Å². The maximum absolute atomic E-state index is 12.0. The minimum Gasteiger partial charge on any atom is -0.508 e. The number of phenols is 1. The molecule has 0 atom stereocenters. The average Bonchev–Trinajstić information content (AvgIpc) is 2.42. The number of hydrogen-bond donors (Lipinski definition) is 2. The lowest BCUT2D eigenvalue weighted by Gasteiger charge is -2.05. The number of anilines is 1. The highest BCUT2D eigenvalue weighted by Gasteiger charge is 2.04. The van der Waals surface area contributed by atoms with Gasteiger partial charge < -0.3 is 10.4 Å². The van der Waals surface area contributed by atoms with Crippen LogP contribution in [0.15, 0.2) is 60.2 Å². The van der Waals surface area contributed by atoms with E-state index in [9.17, 15) is 9.90 Å². The van der Waals surface area contributed by atoms with E-state index in [1.54, 1.807) is 37.3 Å². The Morgan fingerprint density at radius 3 is 2.32 bits per heavy atom. The van der Waals surface area contributed by atoms with Crippen LogP contribution in [0.5, 0.6) is 5.75 Å². The van der Waals surface area contributed by atoms with Crippen LogP contribution in [0.1, 0.15) is 12.5 Å². The van der Waals surface area contributed by atoms with E-state index in [0.29, 0.717) is 5.57 Å². The Balaban J connectivity index is 2.08. The van der Waals surface area contributed by atoms with Crippen LogP contribution in [-0.4, -0.2) is 11.0 Å². The predicted octanol–water partition coefficient (Wildman–Crippen LogP) is 3.43. The number of carbonyl (C=O) groups excluding carboxylic acids is 1. The van der Waals surface area contributed by atoms with Crippen LogP contribution >= 0.6 is 0 Å². The second-order valence-corrected chi connectivity index (χ2v) is 4.24. The summed E-state index contributed by atoms with van der Waals surface area (Å²) >= 11 is 0. The largest absolute Gasteiger partial charge is 0.508 e. The number of nitrogens with one attached hydrogen (secondary N) is 1. The van der Waals surface area contributed by atoms with E-state index in [2.05, 4.69) is 5.32 Å². The summed E-state index contributed by atoms with van der Waals surface area (Å²) in [6.07, 6.45) is 1.78. The van der Waals surface area contributed by atoms with E-state index in [0.717, 1.165) is 11.3 Å². The van der Waals surface area contributed by atoms with Gasteiger partial charge in [0, 0.05) is 11.3 Å². The number of aromatic hydroxyl groups is 1. The Hall–Kier alpha value is -2.55. The first kappa shape index (κ1) is 12.9. The summed E-state index contributed by atoms with van der Waals surface area (Å²) in [5.41, 5.74) is 2.25. The smallest absolute Gasteiger partial charge is 0.251 e. The predicted molar refractivity (Wildman–Crippen MR) is 76.8 cm³/mol. The van der Waals surface area contributed by atoms with Crippen molar-refractivity contribution in [2.45, 2.75) is 6.92 Å². The van der Waals surface area contributed by atoms with Gasteiger partial charge in [-0.15, -0.1) is 0 Å². The Labute approximate surface area is 112 Å². The van der Waals surface area contributed by atoms with Gasteiger partial charge in [0.15, 0.2) is 0 Å². The van der Waals surface area contributed by atoms with Crippen LogP contribution in [0.3, 0.4) is 0 Å². The molecule has 2 N–H and O–H groups in total. The number of amides is 1. The third kappa shape index (κ3) is 3.71. The standard InChI is InChI=1S/C16H15NO2/c1-12(11-13-7-9-15(18)10-8-13)16(19)17-14-5-3-2-4-6-14/h2-11,18H,1H3,(H,17,19)/b12-11-. The van der Waals surface area contributed by atoms with Crippen molar-refractivity contribution in [3.8, 4) is 5.75 Å². The zero-order valence-electron chi connectivity index (χ0n) is 10.6. The first-order chi connectivity index (χ1) is 9.15. The first-order valence-corrected chi connectivity index (χ1v) is 5.99. The van der Waals surface area contributed by atoms with Crippen LogP contribution in [0.4, 0.5) is 5.69 Å². The van der Waals surface area contributed by atoms with Crippen molar-refractivity contribution in [2.75, 3.05) is 5.32 Å². The third-order valence-corrected chi connectivity index (χ3v) is 2.67. The van der Waals surface area contributed by atoms with Crippen LogP contribution in [-0.2, 0) is 4.79 Å². The minimum atomic E-state index is -0.140. The summed E-state index contributed by atoms with van der Waals surface area (Å²) in [6, 6.07) is 16.0. The SMILES string of the molecule is C/C(=C/c1ccc(O)cc1)C(=O)Nc1ccccc1. The summed E-state index contributed by atoms with van der Waals surface area (Å²) in [5, 5.41) is 12.0. The number of para-hydroxylation sites is 1. The molecular formula is C16H15NO2. The summed E-state index contributed by atoms with van der Waals surface area (Å²) < 4.78 is 0. The molecule has 2 aromatic rings. The lowest BCUT2D eigenvalue weighted by atomic mass is 10.1. The highest BCUT2D eigenvalue weighted by Crippen LogP contribution is 2.14. The van der Waals surface area contributed by atoms with Crippen molar-refractivity contribution in [1.29, 1.82) is 0 Å². The zero-order valence-corrected chi connectivity index (χ0v) is 10.6. The topological polar surface area (TPSA) is 49.3 Å². The molecule has 96 valence electrons. The molecule has 0 spiro atoms. The number of carbonyl (C=O) groups is 1. The molecule has 0 aromatic heterocycles. The number of phenolic OH excluding ortho intramolecular Hbond substituents is 1. The van der Waals surface area contributed by atoms with Gasteiger partial charge in [0.05, 0.1) is 0 Å². The van der Waals surface area contributed by atoms with Crippen molar-refractivity contribution in [1.82, 2.24) is 0 Å². The van der Waals surface area contributed by atoms with Gasteiger partial charge in [-0.05, 0) is 42.8 Å². The molecule has 0 aliphatic heterocycles. The first-order valence-electron chi connectivity index (χ1n) is 5.99. The van der Waals surface area contributed by atoms with E-state index in [4.69, 9.17) is 0 Å². The molecular weight excluding hydrogens is 238 g/mol. The molecule has 0 radical (unpaired) electrons. The molecule has 0 fully saturated rings. The molecule has 0 aliphatic carbocycles. The molecule has 19 heavy (non-hydrogen) atoms. The van der Waals surface area contributed by atoms with E-state index < -0.39 is 0 Å². The number of hydrogen-bond acceptors (Lipinski definition) is 2. The minimum absolute atomic E-state index is 0.140. The zero-order chi connectivity index (χ0) is 13.7. The quantitative estimate of drug-likeness (QED) is 0.823. The molecule has 0 unspecified atom stereocenters. The normalized spacial score (nSPS) is 11.1. The number of benzene rings is 2. The van der Waals surface area contributed by atoms with Crippen LogP contribution in [0.2, 0.25) is 0 Å². The molecule has 2 rings (SSSR count). The van der Waals surface area contributed by atoms with Gasteiger partial charge in [-0.1, -0.05) is 30.3 Å². The molecule has 1 amide bonds. The van der Waals surface area contributed by atoms with Crippen molar-refractivity contribution in [2.24, 2.45) is 0 Å². The Morgan fingerprint density at radius 1 is 1.05 bits per heavy atom. The van der Waals surface area contributed by atoms with Gasteiger partial charge in [0.25, 0.3) is 5.91 Å². The molecule has 3 heteroatoms. The molecule has 2 aromatic carbocycles. The van der Waals surface area contributed by atoms with E-state index in [1.165, 1.54) is 0 Å². The van der Waals surface area contributed by atoms with Crippen LogP contribution in [0, 0.1) is 0 Å². The Bertz CT molecular complexity index is 586. The van der Waals surface area contributed by atoms with Gasteiger partial charge in [0.1, 0.15) is 5.75 Å². The summed E-state index contributed by atoms with van der Waals surface area (Å²) in [6.45, 7) is 1.76. The lowest BCUT2D eigenvalue weighted by Crippen LogP contribution is -2.12. The van der Waals surface area contributed by atoms with Gasteiger partial charge in [0.2, 0.25) is 0 Å². The molecule has 0 heterocycles. The van der Waals surface area contributed by atoms with Crippen LogP contribution in [0.25, 0.3) is 6.08 Å². The molecule has 3 nitrogen and oxygen atoms in total. The van der Waals surface area contributed by atoms with E-state index in [1.807, 2.05) is 30.3 Å². The monoisotopic (exact) mass is 253 g/mol. The van der Waals surface area contributed by atoms with Crippen molar-refractivity contribution in [3.63, 3.8) is 0 Å². The fraction of sp³-hybridized carbons (Fsp3) is 0.0625. The number of rotatable bonds is 3. The lowest BCUT2D eigenvalue weighted by molar-refractivity contribution is -0.112. The maximum atomic E-state index is 12.0. The van der Waals surface area contributed by atoms with Gasteiger partial charge >= 0.3 is 0 Å². The maximum Gasteiger partial charge on any atom is 0.251 e. The highest BCUT2D eigenvalue weighted by atomic mass is 16.3. The fourth-order valence-electron chi connectivity index (χ4n) is 1.64. The summed E-state index contributed by atoms with van der Waals surface area (Å²) in [4.78, 5) is 12.0. The van der Waals surface area contributed by atoms with Gasteiger partial charge in [-0.3, -0.25) is 4.79 Å². The highest BCUT2D eigenvalue weighted by molar-refractivity contribution is 6.06. The third-order valence-electron chi connectivity index (χ3n) is 2.67. The van der Waals surface area contributed by atoms with Crippen LogP contribution < -0.4 is 5.32 Å². The molecule has 0 saturated carbocycles. The van der Waals surface area contributed by atoms with Crippen molar-refractivity contribution < 1.29 is 9.90 Å². The van der Waals surface area contributed by atoms with E-state index >= 15 is 0 Å². The summed E-state index contributed by atoms with van der Waals surface area (Å²) in [5.74, 6) is 0.0721.